The van der Waals surface area contributed by atoms with Crippen molar-refractivity contribution in [3.8, 4) is 0 Å². The van der Waals surface area contributed by atoms with E-state index in [0.717, 1.165) is 42.3 Å². The third-order valence-electron chi connectivity index (χ3n) is 5.11. The number of fused-ring (bicyclic) bond motifs is 1. The normalized spacial score (nSPS) is 23.4. The van der Waals surface area contributed by atoms with E-state index in [0.29, 0.717) is 19.6 Å². The maximum atomic E-state index is 11.6. The Balaban J connectivity index is 1.45. The van der Waals surface area contributed by atoms with Crippen molar-refractivity contribution in [3.63, 3.8) is 0 Å². The van der Waals surface area contributed by atoms with E-state index in [4.69, 9.17) is 4.42 Å². The molecule has 24 heavy (non-hydrogen) atoms. The molecule has 1 saturated carbocycles. The van der Waals surface area contributed by atoms with Crippen molar-refractivity contribution in [1.29, 1.82) is 0 Å². The Morgan fingerprint density at radius 1 is 1.17 bits per heavy atom. The maximum Gasteiger partial charge on any atom is 0.309 e. The fraction of sp³-hybridized carbons (Fsp3) is 0.526. The molecule has 1 aromatic carbocycles. The molecule has 0 amide bonds. The van der Waals surface area contributed by atoms with Gasteiger partial charge in [0.25, 0.3) is 0 Å². The Morgan fingerprint density at radius 2 is 1.92 bits per heavy atom. The number of carbonyl (C=O) groups is 1. The van der Waals surface area contributed by atoms with Crippen LogP contribution in [0.25, 0.3) is 11.0 Å². The highest BCUT2D eigenvalue weighted by Crippen LogP contribution is 2.30. The molecule has 5 nitrogen and oxygen atoms in total. The number of hydrogen-bond donors (Lipinski definition) is 1. The van der Waals surface area contributed by atoms with Gasteiger partial charge in [0.15, 0.2) is 0 Å². The monoisotopic (exact) mass is 328 g/mol. The van der Waals surface area contributed by atoms with Crippen LogP contribution in [0.4, 0.5) is 0 Å². The van der Waals surface area contributed by atoms with E-state index in [9.17, 15) is 9.90 Å². The minimum atomic E-state index is -0.688. The second-order valence-electron chi connectivity index (χ2n) is 7.22. The molecule has 0 bridgehead atoms. The number of carboxylic acid groups (broad SMARTS) is 1. The highest BCUT2D eigenvalue weighted by molar-refractivity contribution is 5.77. The van der Waals surface area contributed by atoms with Crippen LogP contribution in [-0.4, -0.2) is 53.6 Å². The van der Waals surface area contributed by atoms with E-state index in [2.05, 4.69) is 15.9 Å². The summed E-state index contributed by atoms with van der Waals surface area (Å²) in [6, 6.07) is 10.1. The summed E-state index contributed by atoms with van der Waals surface area (Å²) in [5.74, 6) is 0.695. The first kappa shape index (κ1) is 15.7. The fourth-order valence-electron chi connectivity index (χ4n) is 3.61. The lowest BCUT2D eigenvalue weighted by atomic mass is 10.1. The third kappa shape index (κ3) is 3.62. The van der Waals surface area contributed by atoms with Crippen LogP contribution < -0.4 is 0 Å². The molecule has 2 aromatic rings. The lowest BCUT2D eigenvalue weighted by Crippen LogP contribution is -2.35. The second-order valence-corrected chi connectivity index (χ2v) is 7.22. The molecule has 1 aromatic heterocycles. The number of aliphatic carboxylic acids is 1. The highest BCUT2D eigenvalue weighted by Gasteiger charge is 2.31. The molecule has 1 aliphatic heterocycles. The summed E-state index contributed by atoms with van der Waals surface area (Å²) < 4.78 is 5.91. The molecule has 1 atom stereocenters. The minimum absolute atomic E-state index is 0.323. The van der Waals surface area contributed by atoms with Gasteiger partial charge < -0.3 is 14.4 Å². The number of benzene rings is 1. The quantitative estimate of drug-likeness (QED) is 0.914. The van der Waals surface area contributed by atoms with Gasteiger partial charge in [-0.25, -0.2) is 0 Å². The number of para-hydroxylation sites is 1. The van der Waals surface area contributed by atoms with Crippen LogP contribution in [0.2, 0.25) is 0 Å². The van der Waals surface area contributed by atoms with Gasteiger partial charge in [-0.15, -0.1) is 0 Å². The third-order valence-corrected chi connectivity index (χ3v) is 5.11. The topological polar surface area (TPSA) is 56.9 Å². The summed E-state index contributed by atoms with van der Waals surface area (Å²) in [6.07, 6.45) is 2.61. The molecule has 5 heteroatoms. The van der Waals surface area contributed by atoms with E-state index in [1.54, 1.807) is 0 Å². The molecule has 2 fully saturated rings. The van der Waals surface area contributed by atoms with E-state index in [1.165, 1.54) is 12.8 Å². The summed E-state index contributed by atoms with van der Waals surface area (Å²) in [5, 5.41) is 10.7. The van der Waals surface area contributed by atoms with Gasteiger partial charge in [-0.05, 0) is 30.9 Å². The van der Waals surface area contributed by atoms with Crippen molar-refractivity contribution in [2.45, 2.75) is 19.4 Å². The zero-order chi connectivity index (χ0) is 16.5. The van der Waals surface area contributed by atoms with Gasteiger partial charge in [0, 0.05) is 38.1 Å². The van der Waals surface area contributed by atoms with Crippen LogP contribution in [0, 0.1) is 11.8 Å². The van der Waals surface area contributed by atoms with Crippen LogP contribution in [0.1, 0.15) is 18.6 Å². The van der Waals surface area contributed by atoms with Crippen molar-refractivity contribution >= 4 is 16.9 Å². The zero-order valence-corrected chi connectivity index (χ0v) is 13.9. The lowest BCUT2D eigenvalue weighted by molar-refractivity contribution is -0.142. The molecule has 1 N–H and O–H groups in total. The number of nitrogens with zero attached hydrogens (tertiary/aromatic N) is 2. The number of rotatable bonds is 5. The standard InChI is InChI=1S/C19H24N2O3/c22-19(23)16-11-20(10-14-5-6-14)7-8-21(12-16)13-17-9-15-3-1-2-4-18(15)24-17/h1-4,9,14,16H,5-8,10-13H2,(H,22,23)/t16-/m1/s1. The smallest absolute Gasteiger partial charge is 0.309 e. The first-order chi connectivity index (χ1) is 11.7. The van der Waals surface area contributed by atoms with Crippen LogP contribution in [0.3, 0.4) is 0 Å². The Morgan fingerprint density at radius 3 is 2.67 bits per heavy atom. The first-order valence-corrected chi connectivity index (χ1v) is 8.82. The van der Waals surface area contributed by atoms with E-state index < -0.39 is 5.97 Å². The molecule has 4 rings (SSSR count). The Labute approximate surface area is 141 Å². The lowest BCUT2D eigenvalue weighted by Gasteiger charge is -2.21. The van der Waals surface area contributed by atoms with Gasteiger partial charge in [0.1, 0.15) is 11.3 Å². The highest BCUT2D eigenvalue weighted by atomic mass is 16.4. The second kappa shape index (κ2) is 6.57. The zero-order valence-electron chi connectivity index (χ0n) is 13.9. The average molecular weight is 328 g/mol. The van der Waals surface area contributed by atoms with Crippen LogP contribution in [0.15, 0.2) is 34.7 Å². The van der Waals surface area contributed by atoms with Gasteiger partial charge in [-0.1, -0.05) is 18.2 Å². The Bertz CT molecular complexity index is 689. The van der Waals surface area contributed by atoms with Crippen molar-refractivity contribution in [2.24, 2.45) is 11.8 Å². The number of furan rings is 1. The fourth-order valence-corrected chi connectivity index (χ4v) is 3.61. The van der Waals surface area contributed by atoms with Gasteiger partial charge >= 0.3 is 5.97 Å². The molecular formula is C19H24N2O3. The number of hydrogen-bond acceptors (Lipinski definition) is 4. The maximum absolute atomic E-state index is 11.6. The largest absolute Gasteiger partial charge is 0.481 e. The molecule has 0 radical (unpaired) electrons. The number of carboxylic acids is 1. The molecule has 128 valence electrons. The van der Waals surface area contributed by atoms with Gasteiger partial charge in [0.05, 0.1) is 12.5 Å². The molecule has 0 unspecified atom stereocenters. The minimum Gasteiger partial charge on any atom is -0.481 e. The van der Waals surface area contributed by atoms with E-state index in [-0.39, 0.29) is 5.92 Å². The summed E-state index contributed by atoms with van der Waals surface area (Å²) in [4.78, 5) is 16.2. The van der Waals surface area contributed by atoms with Gasteiger partial charge in [-0.2, -0.15) is 0 Å². The molecule has 0 spiro atoms. The summed E-state index contributed by atoms with van der Waals surface area (Å²) >= 11 is 0. The summed E-state index contributed by atoms with van der Waals surface area (Å²) in [7, 11) is 0. The van der Waals surface area contributed by atoms with Gasteiger partial charge in [-0.3, -0.25) is 9.69 Å². The summed E-state index contributed by atoms with van der Waals surface area (Å²) in [6.45, 7) is 4.84. The molecule has 2 heterocycles. The molecule has 2 aliphatic rings. The van der Waals surface area contributed by atoms with Crippen molar-refractivity contribution < 1.29 is 14.3 Å². The van der Waals surface area contributed by atoms with Crippen LogP contribution in [0.5, 0.6) is 0 Å². The predicted octanol–water partition coefficient (Wildman–Crippen LogP) is 2.66. The van der Waals surface area contributed by atoms with E-state index >= 15 is 0 Å². The average Bonchev–Trinajstić information content (AvgIpc) is 3.31. The van der Waals surface area contributed by atoms with E-state index in [1.807, 2.05) is 24.3 Å². The van der Waals surface area contributed by atoms with Crippen molar-refractivity contribution in [2.75, 3.05) is 32.7 Å². The van der Waals surface area contributed by atoms with Crippen LogP contribution in [-0.2, 0) is 11.3 Å². The molecule has 1 saturated heterocycles. The SMILES string of the molecule is O=C(O)[C@H]1CN(Cc2cc3ccccc3o2)CCN(CC2CC2)C1. The summed E-state index contributed by atoms with van der Waals surface area (Å²) in [5.41, 5.74) is 0.896. The molecular weight excluding hydrogens is 304 g/mol. The van der Waals surface area contributed by atoms with Crippen LogP contribution >= 0.6 is 0 Å². The van der Waals surface area contributed by atoms with Gasteiger partial charge in [0.2, 0.25) is 0 Å². The first-order valence-electron chi connectivity index (χ1n) is 8.82. The Hall–Kier alpha value is -1.85. The van der Waals surface area contributed by atoms with Crippen molar-refractivity contribution in [1.82, 2.24) is 9.80 Å². The Kier molecular flexibility index (Phi) is 4.29. The van der Waals surface area contributed by atoms with Crippen molar-refractivity contribution in [3.05, 3.63) is 36.1 Å². The molecule has 1 aliphatic carbocycles. The predicted molar refractivity (Wildman–Crippen MR) is 91.8 cm³/mol.